The number of ether oxygens (including phenoxy) is 1. The molecule has 1 amide bonds. The maximum Gasteiger partial charge on any atom is 0.290 e. The summed E-state index contributed by atoms with van der Waals surface area (Å²) in [7, 11) is 1.57. The van der Waals surface area contributed by atoms with E-state index >= 15 is 0 Å². The van der Waals surface area contributed by atoms with E-state index in [1.54, 1.807) is 31.4 Å². The van der Waals surface area contributed by atoms with Crippen molar-refractivity contribution in [1.29, 1.82) is 0 Å². The number of rotatable bonds is 5. The third-order valence-electron chi connectivity index (χ3n) is 3.58. The van der Waals surface area contributed by atoms with Gasteiger partial charge < -0.3 is 14.7 Å². The molecule has 1 aliphatic rings. The van der Waals surface area contributed by atoms with E-state index in [2.05, 4.69) is 0 Å². The molecule has 1 heterocycles. The molecule has 0 fully saturated rings. The molecular weight excluding hydrogens is 270 g/mol. The van der Waals surface area contributed by atoms with E-state index in [0.717, 1.165) is 12.0 Å². The maximum atomic E-state index is 12.2. The van der Waals surface area contributed by atoms with Crippen LogP contribution in [0.25, 0.3) is 0 Å². The summed E-state index contributed by atoms with van der Waals surface area (Å²) < 4.78 is 5.11. The van der Waals surface area contributed by atoms with Crippen LogP contribution in [0.15, 0.2) is 35.6 Å². The van der Waals surface area contributed by atoms with Gasteiger partial charge in [-0.3, -0.25) is 9.59 Å². The minimum absolute atomic E-state index is 0.165. The molecule has 0 radical (unpaired) electrons. The average Bonchev–Trinajstić information content (AvgIpc) is 2.73. The van der Waals surface area contributed by atoms with E-state index in [9.17, 15) is 14.7 Å². The Labute approximate surface area is 123 Å². The van der Waals surface area contributed by atoms with Crippen molar-refractivity contribution in [2.45, 2.75) is 26.3 Å². The number of nitrogens with zero attached hydrogens (tertiary/aromatic N) is 1. The lowest BCUT2D eigenvalue weighted by Crippen LogP contribution is -2.31. The first-order valence-corrected chi connectivity index (χ1v) is 6.90. The number of aliphatic hydroxyl groups excluding tert-OH is 1. The molecule has 0 aromatic heterocycles. The van der Waals surface area contributed by atoms with Gasteiger partial charge in [0.05, 0.1) is 18.7 Å². The molecule has 0 aliphatic carbocycles. The van der Waals surface area contributed by atoms with Gasteiger partial charge in [0.1, 0.15) is 5.75 Å². The second kappa shape index (κ2) is 5.99. The molecule has 112 valence electrons. The Bertz CT molecular complexity index is 589. The van der Waals surface area contributed by atoms with Crippen molar-refractivity contribution < 1.29 is 19.4 Å². The van der Waals surface area contributed by atoms with Crippen LogP contribution in [-0.4, -0.2) is 35.4 Å². The van der Waals surface area contributed by atoms with Crippen LogP contribution < -0.4 is 4.74 Å². The van der Waals surface area contributed by atoms with Crippen molar-refractivity contribution >= 4 is 11.7 Å². The van der Waals surface area contributed by atoms with Crippen LogP contribution in [0, 0.1) is 0 Å². The number of carbonyl (C=O) groups excluding carboxylic acids is 2. The van der Waals surface area contributed by atoms with Crippen molar-refractivity contribution in [2.75, 3.05) is 13.7 Å². The highest BCUT2D eigenvalue weighted by molar-refractivity contribution is 6.08. The van der Waals surface area contributed by atoms with Crippen LogP contribution in [0.3, 0.4) is 0 Å². The van der Waals surface area contributed by atoms with Crippen LogP contribution >= 0.6 is 0 Å². The molecule has 1 unspecified atom stereocenters. The lowest BCUT2D eigenvalue weighted by Gasteiger charge is -2.26. The SMILES string of the molecule is CCCN1C(=O)C(O)=C(C(C)=O)C1c1ccc(OC)cc1. The molecule has 21 heavy (non-hydrogen) atoms. The van der Waals surface area contributed by atoms with Gasteiger partial charge in [-0.15, -0.1) is 0 Å². The van der Waals surface area contributed by atoms with Gasteiger partial charge in [-0.2, -0.15) is 0 Å². The van der Waals surface area contributed by atoms with Crippen LogP contribution in [0.2, 0.25) is 0 Å². The smallest absolute Gasteiger partial charge is 0.290 e. The fourth-order valence-corrected chi connectivity index (χ4v) is 2.62. The molecule has 1 aromatic rings. The summed E-state index contributed by atoms with van der Waals surface area (Å²) >= 11 is 0. The Hall–Kier alpha value is -2.30. The summed E-state index contributed by atoms with van der Waals surface area (Å²) in [6.45, 7) is 3.79. The minimum Gasteiger partial charge on any atom is -0.503 e. The highest BCUT2D eigenvalue weighted by Crippen LogP contribution is 2.38. The summed E-state index contributed by atoms with van der Waals surface area (Å²) in [4.78, 5) is 25.5. The summed E-state index contributed by atoms with van der Waals surface area (Å²) in [5, 5.41) is 10.0. The predicted octanol–water partition coefficient (Wildman–Crippen LogP) is 2.39. The molecule has 0 saturated heterocycles. The van der Waals surface area contributed by atoms with Crippen LogP contribution in [0.4, 0.5) is 0 Å². The first kappa shape index (κ1) is 15.1. The zero-order valence-electron chi connectivity index (χ0n) is 12.4. The number of ketones is 1. The predicted molar refractivity (Wildman–Crippen MR) is 78.1 cm³/mol. The summed E-state index contributed by atoms with van der Waals surface area (Å²) in [6.07, 6.45) is 0.747. The summed E-state index contributed by atoms with van der Waals surface area (Å²) in [5.74, 6) is -0.511. The molecule has 5 nitrogen and oxygen atoms in total. The van der Waals surface area contributed by atoms with Gasteiger partial charge in [0.25, 0.3) is 5.91 Å². The molecule has 5 heteroatoms. The van der Waals surface area contributed by atoms with E-state index in [-0.39, 0.29) is 11.4 Å². The summed E-state index contributed by atoms with van der Waals surface area (Å²) in [5.41, 5.74) is 0.950. The Morgan fingerprint density at radius 1 is 1.33 bits per heavy atom. The number of benzene rings is 1. The van der Waals surface area contributed by atoms with Crippen molar-refractivity contribution in [2.24, 2.45) is 0 Å². The van der Waals surface area contributed by atoms with Crippen LogP contribution in [-0.2, 0) is 9.59 Å². The van der Waals surface area contributed by atoms with Crippen LogP contribution in [0.5, 0.6) is 5.75 Å². The van der Waals surface area contributed by atoms with Crippen molar-refractivity contribution in [3.63, 3.8) is 0 Å². The Kier molecular flexibility index (Phi) is 4.31. The second-order valence-corrected chi connectivity index (χ2v) is 4.99. The molecular formula is C16H19NO4. The highest BCUT2D eigenvalue weighted by Gasteiger charge is 2.41. The van der Waals surface area contributed by atoms with Crippen molar-refractivity contribution in [1.82, 2.24) is 4.90 Å². The number of hydrogen-bond acceptors (Lipinski definition) is 4. The number of hydrogen-bond donors (Lipinski definition) is 1. The van der Waals surface area contributed by atoms with Gasteiger partial charge in [0, 0.05) is 6.54 Å². The minimum atomic E-state index is -0.527. The van der Waals surface area contributed by atoms with Gasteiger partial charge in [-0.25, -0.2) is 0 Å². The fraction of sp³-hybridized carbons (Fsp3) is 0.375. The molecule has 0 spiro atoms. The standard InChI is InChI=1S/C16H19NO4/c1-4-9-17-14(11-5-7-12(21-3)8-6-11)13(10(2)18)15(19)16(17)20/h5-8,14,19H,4,9H2,1-3H3. The molecule has 1 aromatic carbocycles. The number of Topliss-reactive ketones (excluding diaryl/α,β-unsaturated/α-hetero) is 1. The Morgan fingerprint density at radius 3 is 2.43 bits per heavy atom. The zero-order valence-corrected chi connectivity index (χ0v) is 12.4. The highest BCUT2D eigenvalue weighted by atomic mass is 16.5. The van der Waals surface area contributed by atoms with Crippen LogP contribution in [0.1, 0.15) is 31.9 Å². The van der Waals surface area contributed by atoms with E-state index in [1.165, 1.54) is 11.8 Å². The molecule has 0 saturated carbocycles. The van der Waals surface area contributed by atoms with Gasteiger partial charge in [0.15, 0.2) is 11.5 Å². The third-order valence-corrected chi connectivity index (χ3v) is 3.58. The Balaban J connectivity index is 2.48. The first-order valence-electron chi connectivity index (χ1n) is 6.90. The lowest BCUT2D eigenvalue weighted by molar-refractivity contribution is -0.129. The van der Waals surface area contributed by atoms with Crippen molar-refractivity contribution in [3.05, 3.63) is 41.2 Å². The molecule has 2 rings (SSSR count). The average molecular weight is 289 g/mol. The van der Waals surface area contributed by atoms with E-state index in [1.807, 2.05) is 6.92 Å². The number of aliphatic hydroxyl groups is 1. The van der Waals surface area contributed by atoms with Gasteiger partial charge in [-0.05, 0) is 31.0 Å². The molecule has 1 N–H and O–H groups in total. The normalized spacial score (nSPS) is 18.3. The largest absolute Gasteiger partial charge is 0.503 e. The van der Waals surface area contributed by atoms with Gasteiger partial charge >= 0.3 is 0 Å². The quantitative estimate of drug-likeness (QED) is 0.903. The van der Waals surface area contributed by atoms with Gasteiger partial charge in [0.2, 0.25) is 0 Å². The fourth-order valence-electron chi connectivity index (χ4n) is 2.62. The first-order chi connectivity index (χ1) is 10.0. The topological polar surface area (TPSA) is 66.8 Å². The van der Waals surface area contributed by atoms with Gasteiger partial charge in [-0.1, -0.05) is 19.1 Å². The summed E-state index contributed by atoms with van der Waals surface area (Å²) in [6, 6.07) is 6.64. The van der Waals surface area contributed by atoms with Crippen molar-refractivity contribution in [3.8, 4) is 5.75 Å². The Morgan fingerprint density at radius 2 is 1.95 bits per heavy atom. The zero-order chi connectivity index (χ0) is 15.6. The lowest BCUT2D eigenvalue weighted by atomic mass is 9.96. The number of methoxy groups -OCH3 is 1. The van der Waals surface area contributed by atoms with E-state index < -0.39 is 17.7 Å². The molecule has 1 atom stereocenters. The second-order valence-electron chi connectivity index (χ2n) is 4.99. The third kappa shape index (κ3) is 2.63. The molecule has 0 bridgehead atoms. The maximum absolute atomic E-state index is 12.2. The number of amides is 1. The van der Waals surface area contributed by atoms with E-state index in [0.29, 0.717) is 12.3 Å². The van der Waals surface area contributed by atoms with E-state index in [4.69, 9.17) is 4.74 Å². The monoisotopic (exact) mass is 289 g/mol. The number of carbonyl (C=O) groups is 2. The molecule has 1 aliphatic heterocycles.